The van der Waals surface area contributed by atoms with E-state index in [1.54, 1.807) is 0 Å². The molecular formula is C14H30N2O. The van der Waals surface area contributed by atoms with Crippen LogP contribution < -0.4 is 0 Å². The summed E-state index contributed by atoms with van der Waals surface area (Å²) < 4.78 is 0. The quantitative estimate of drug-likeness (QED) is 0.737. The van der Waals surface area contributed by atoms with Gasteiger partial charge in [-0.05, 0) is 71.8 Å². The molecule has 17 heavy (non-hydrogen) atoms. The molecule has 0 amide bonds. The fraction of sp³-hybridized carbons (Fsp3) is 1.00. The zero-order chi connectivity index (χ0) is 12.7. The molecule has 102 valence electrons. The number of aliphatic hydroxyl groups is 1. The third-order valence-corrected chi connectivity index (χ3v) is 3.96. The van der Waals surface area contributed by atoms with Gasteiger partial charge in [0.1, 0.15) is 0 Å². The molecule has 1 saturated heterocycles. The lowest BCUT2D eigenvalue weighted by atomic mass is 9.96. The van der Waals surface area contributed by atoms with Gasteiger partial charge >= 0.3 is 0 Å². The molecule has 3 nitrogen and oxygen atoms in total. The normalized spacial score (nSPS) is 21.0. The molecule has 0 aromatic carbocycles. The van der Waals surface area contributed by atoms with E-state index in [2.05, 4.69) is 23.9 Å². The molecule has 1 rings (SSSR count). The fourth-order valence-corrected chi connectivity index (χ4v) is 2.58. The van der Waals surface area contributed by atoms with Crippen molar-refractivity contribution in [3.8, 4) is 0 Å². The van der Waals surface area contributed by atoms with Crippen molar-refractivity contribution < 1.29 is 5.11 Å². The molecule has 1 aliphatic rings. The smallest absolute Gasteiger partial charge is 0.0538 e. The second-order valence-corrected chi connectivity index (χ2v) is 5.71. The third kappa shape index (κ3) is 6.39. The average Bonchev–Trinajstić information content (AvgIpc) is 2.32. The Bertz CT molecular complexity index is 191. The highest BCUT2D eigenvalue weighted by molar-refractivity contribution is 4.72. The van der Waals surface area contributed by atoms with Gasteiger partial charge in [0.15, 0.2) is 0 Å². The van der Waals surface area contributed by atoms with Crippen molar-refractivity contribution in [3.63, 3.8) is 0 Å². The molecule has 0 spiro atoms. The Labute approximate surface area is 107 Å². The minimum absolute atomic E-state index is 0.0910. The summed E-state index contributed by atoms with van der Waals surface area (Å²) in [5.74, 6) is 0.882. The van der Waals surface area contributed by atoms with Crippen molar-refractivity contribution in [1.82, 2.24) is 9.80 Å². The summed E-state index contributed by atoms with van der Waals surface area (Å²) in [7, 11) is 4.43. The first kappa shape index (κ1) is 14.9. The van der Waals surface area contributed by atoms with E-state index in [1.807, 2.05) is 6.92 Å². The third-order valence-electron chi connectivity index (χ3n) is 3.96. The van der Waals surface area contributed by atoms with E-state index in [-0.39, 0.29) is 6.10 Å². The predicted molar refractivity (Wildman–Crippen MR) is 73.2 cm³/mol. The van der Waals surface area contributed by atoms with Gasteiger partial charge in [0.05, 0.1) is 6.10 Å². The Morgan fingerprint density at radius 3 is 2.59 bits per heavy atom. The maximum absolute atomic E-state index is 9.50. The minimum Gasteiger partial charge on any atom is -0.393 e. The Hall–Kier alpha value is -0.120. The zero-order valence-electron chi connectivity index (χ0n) is 11.9. The van der Waals surface area contributed by atoms with E-state index in [0.717, 1.165) is 31.7 Å². The Morgan fingerprint density at radius 1 is 1.35 bits per heavy atom. The van der Waals surface area contributed by atoms with Crippen molar-refractivity contribution in [2.24, 2.45) is 5.92 Å². The van der Waals surface area contributed by atoms with Crippen LogP contribution >= 0.6 is 0 Å². The largest absolute Gasteiger partial charge is 0.393 e. The lowest BCUT2D eigenvalue weighted by Crippen LogP contribution is -2.36. The van der Waals surface area contributed by atoms with E-state index in [1.165, 1.54) is 32.5 Å². The highest BCUT2D eigenvalue weighted by Crippen LogP contribution is 2.17. The van der Waals surface area contributed by atoms with Crippen molar-refractivity contribution in [2.45, 2.75) is 45.1 Å². The second kappa shape index (κ2) is 8.06. The van der Waals surface area contributed by atoms with Crippen LogP contribution in [-0.4, -0.2) is 61.3 Å². The van der Waals surface area contributed by atoms with E-state index in [4.69, 9.17) is 0 Å². The highest BCUT2D eigenvalue weighted by atomic mass is 16.3. The van der Waals surface area contributed by atoms with Crippen LogP contribution in [0.4, 0.5) is 0 Å². The monoisotopic (exact) mass is 242 g/mol. The molecular weight excluding hydrogens is 212 g/mol. The first-order valence-corrected chi connectivity index (χ1v) is 7.17. The van der Waals surface area contributed by atoms with Crippen LogP contribution in [0.15, 0.2) is 0 Å². The highest BCUT2D eigenvalue weighted by Gasteiger charge is 2.17. The Kier molecular flexibility index (Phi) is 7.09. The van der Waals surface area contributed by atoms with Crippen LogP contribution in [-0.2, 0) is 0 Å². The lowest BCUT2D eigenvalue weighted by molar-refractivity contribution is 0.144. The van der Waals surface area contributed by atoms with E-state index in [9.17, 15) is 5.11 Å². The molecule has 0 aliphatic carbocycles. The first-order valence-electron chi connectivity index (χ1n) is 7.17. The average molecular weight is 242 g/mol. The first-order chi connectivity index (χ1) is 8.11. The lowest BCUT2D eigenvalue weighted by Gasteiger charge is -2.31. The van der Waals surface area contributed by atoms with Gasteiger partial charge in [0.25, 0.3) is 0 Å². The number of nitrogens with zero attached hydrogens (tertiary/aromatic N) is 2. The van der Waals surface area contributed by atoms with Gasteiger partial charge in [-0.2, -0.15) is 0 Å². The Morgan fingerprint density at radius 2 is 2.00 bits per heavy atom. The van der Waals surface area contributed by atoms with Crippen LogP contribution in [0.3, 0.4) is 0 Å². The molecule has 1 fully saturated rings. The van der Waals surface area contributed by atoms with Gasteiger partial charge in [-0.25, -0.2) is 0 Å². The summed E-state index contributed by atoms with van der Waals surface area (Å²) in [5, 5.41) is 9.50. The van der Waals surface area contributed by atoms with Gasteiger partial charge in [0.2, 0.25) is 0 Å². The summed E-state index contributed by atoms with van der Waals surface area (Å²) in [4.78, 5) is 4.87. The number of piperidine rings is 1. The number of hydrogen-bond acceptors (Lipinski definition) is 3. The van der Waals surface area contributed by atoms with E-state index >= 15 is 0 Å². The van der Waals surface area contributed by atoms with Crippen LogP contribution in [0.2, 0.25) is 0 Å². The summed E-state index contributed by atoms with van der Waals surface area (Å²) in [6, 6.07) is 0. The SMILES string of the molecule is CCC(O)CCCN(C)CC1CCN(C)CC1. The second-order valence-electron chi connectivity index (χ2n) is 5.71. The molecule has 1 heterocycles. The van der Waals surface area contributed by atoms with E-state index < -0.39 is 0 Å². The summed E-state index contributed by atoms with van der Waals surface area (Å²) in [6.45, 7) is 6.92. The van der Waals surface area contributed by atoms with Gasteiger partial charge in [-0.1, -0.05) is 6.92 Å². The minimum atomic E-state index is -0.0910. The molecule has 0 bridgehead atoms. The number of rotatable bonds is 7. The molecule has 1 aliphatic heterocycles. The van der Waals surface area contributed by atoms with Crippen molar-refractivity contribution in [1.29, 1.82) is 0 Å². The summed E-state index contributed by atoms with van der Waals surface area (Å²) in [6.07, 6.45) is 5.56. The van der Waals surface area contributed by atoms with Crippen LogP contribution in [0.5, 0.6) is 0 Å². The van der Waals surface area contributed by atoms with Crippen molar-refractivity contribution in [3.05, 3.63) is 0 Å². The molecule has 3 heteroatoms. The maximum atomic E-state index is 9.50. The maximum Gasteiger partial charge on any atom is 0.0538 e. The number of aliphatic hydroxyl groups excluding tert-OH is 1. The molecule has 1 N–H and O–H groups in total. The molecule has 0 aromatic heterocycles. The van der Waals surface area contributed by atoms with Gasteiger partial charge in [-0.15, -0.1) is 0 Å². The van der Waals surface area contributed by atoms with Crippen molar-refractivity contribution in [2.75, 3.05) is 40.3 Å². The van der Waals surface area contributed by atoms with Gasteiger partial charge in [0, 0.05) is 6.54 Å². The molecule has 0 radical (unpaired) electrons. The summed E-state index contributed by atoms with van der Waals surface area (Å²) >= 11 is 0. The fourth-order valence-electron chi connectivity index (χ4n) is 2.58. The molecule has 0 saturated carbocycles. The van der Waals surface area contributed by atoms with Gasteiger partial charge in [-0.3, -0.25) is 0 Å². The topological polar surface area (TPSA) is 26.7 Å². The molecule has 1 atom stereocenters. The predicted octanol–water partition coefficient (Wildman–Crippen LogP) is 1.81. The number of hydrogen-bond donors (Lipinski definition) is 1. The number of likely N-dealkylation sites (tertiary alicyclic amines) is 1. The van der Waals surface area contributed by atoms with Gasteiger partial charge < -0.3 is 14.9 Å². The van der Waals surface area contributed by atoms with Crippen LogP contribution in [0.1, 0.15) is 39.0 Å². The molecule has 0 aromatic rings. The van der Waals surface area contributed by atoms with E-state index in [0.29, 0.717) is 0 Å². The summed E-state index contributed by atoms with van der Waals surface area (Å²) in [5.41, 5.74) is 0. The van der Waals surface area contributed by atoms with Crippen LogP contribution in [0.25, 0.3) is 0 Å². The Balaban J connectivity index is 2.06. The van der Waals surface area contributed by atoms with Crippen molar-refractivity contribution >= 4 is 0 Å². The molecule has 1 unspecified atom stereocenters. The standard InChI is InChI=1S/C14H30N2O/c1-4-14(17)6-5-9-16(3)12-13-7-10-15(2)11-8-13/h13-14,17H,4-12H2,1-3H3. The zero-order valence-corrected chi connectivity index (χ0v) is 11.9. The van der Waals surface area contributed by atoms with Crippen LogP contribution in [0, 0.1) is 5.92 Å².